The van der Waals surface area contributed by atoms with E-state index >= 15 is 0 Å². The summed E-state index contributed by atoms with van der Waals surface area (Å²) in [5, 5.41) is 1.78. The number of thioether (sulfide) groups is 2. The first kappa shape index (κ1) is 33.6. The summed E-state index contributed by atoms with van der Waals surface area (Å²) in [7, 11) is 0. The first-order valence-corrected chi connectivity index (χ1v) is 20.4. The van der Waals surface area contributed by atoms with Crippen molar-refractivity contribution in [2.24, 2.45) is 0 Å². The quantitative estimate of drug-likeness (QED) is 0.152. The Kier molecular flexibility index (Phi) is 8.78. The lowest BCUT2D eigenvalue weighted by Gasteiger charge is -2.28. The van der Waals surface area contributed by atoms with E-state index in [0.717, 1.165) is 47.1 Å². The third-order valence-corrected chi connectivity index (χ3v) is 13.3. The van der Waals surface area contributed by atoms with Crippen LogP contribution < -0.4 is 0 Å². The van der Waals surface area contributed by atoms with Gasteiger partial charge in [-0.25, -0.2) is 15.0 Å². The fraction of sp³-hybridized carbons (Fsp3) is 0.0816. The van der Waals surface area contributed by atoms with E-state index < -0.39 is 0 Å². The van der Waals surface area contributed by atoms with Gasteiger partial charge in [-0.2, -0.15) is 0 Å². The van der Waals surface area contributed by atoms with Crippen LogP contribution >= 0.6 is 23.5 Å². The predicted octanol–water partition coefficient (Wildman–Crippen LogP) is 13.0. The molecule has 6 heteroatoms. The summed E-state index contributed by atoms with van der Waals surface area (Å²) < 4.78 is 2.56. The minimum Gasteiger partial charge on any atom is -0.312 e. The van der Waals surface area contributed by atoms with Gasteiger partial charge in [-0.3, -0.25) is 0 Å². The Morgan fingerprint density at radius 3 is 1.96 bits per heavy atom. The van der Waals surface area contributed by atoms with E-state index in [-0.39, 0.29) is 0 Å². The smallest absolute Gasteiger partial charge is 0.164 e. The summed E-state index contributed by atoms with van der Waals surface area (Å²) in [6.45, 7) is 3.95. The number of hydrogen-bond acceptors (Lipinski definition) is 5. The van der Waals surface area contributed by atoms with Gasteiger partial charge in [0, 0.05) is 59.0 Å². The summed E-state index contributed by atoms with van der Waals surface area (Å²) in [4.78, 5) is 18.9. The Hall–Kier alpha value is -5.95. The van der Waals surface area contributed by atoms with Crippen molar-refractivity contribution in [1.82, 2.24) is 19.5 Å². The predicted molar refractivity (Wildman–Crippen MR) is 231 cm³/mol. The lowest BCUT2D eigenvalue weighted by atomic mass is 9.93. The molecule has 0 bridgehead atoms. The third kappa shape index (κ3) is 6.21. The van der Waals surface area contributed by atoms with Crippen LogP contribution in [0.3, 0.4) is 0 Å². The zero-order valence-corrected chi connectivity index (χ0v) is 31.7. The highest BCUT2D eigenvalue weighted by atomic mass is 32.2. The fourth-order valence-corrected chi connectivity index (χ4v) is 10.5. The number of benzene rings is 5. The molecule has 0 fully saturated rings. The maximum atomic E-state index is 4.93. The minimum absolute atomic E-state index is 0.460. The van der Waals surface area contributed by atoms with E-state index in [9.17, 15) is 0 Å². The Morgan fingerprint density at radius 2 is 1.31 bits per heavy atom. The summed E-state index contributed by atoms with van der Waals surface area (Å²) in [6.07, 6.45) is 18.4. The first-order chi connectivity index (χ1) is 27.2. The molecule has 2 aromatic heterocycles. The van der Waals surface area contributed by atoms with Gasteiger partial charge in [0.25, 0.3) is 0 Å². The van der Waals surface area contributed by atoms with Crippen LogP contribution in [0.5, 0.6) is 0 Å². The Labute approximate surface area is 329 Å². The average molecular weight is 745 g/mol. The van der Waals surface area contributed by atoms with E-state index in [4.69, 9.17) is 15.0 Å². The third-order valence-electron chi connectivity index (χ3n) is 10.4. The molecule has 1 unspecified atom stereocenters. The molecule has 1 atom stereocenters. The molecule has 0 spiro atoms. The van der Waals surface area contributed by atoms with E-state index in [1.807, 2.05) is 90.3 Å². The summed E-state index contributed by atoms with van der Waals surface area (Å²) in [5.41, 5.74) is 11.7. The van der Waals surface area contributed by atoms with Crippen LogP contribution in [0.25, 0.3) is 67.5 Å². The average Bonchev–Trinajstić information content (AvgIpc) is 3.61. The molecule has 10 rings (SSSR count). The van der Waals surface area contributed by atoms with Crippen molar-refractivity contribution < 1.29 is 0 Å². The van der Waals surface area contributed by atoms with Crippen molar-refractivity contribution in [2.45, 2.75) is 34.3 Å². The van der Waals surface area contributed by atoms with E-state index in [0.29, 0.717) is 22.7 Å². The molecule has 3 aliphatic rings. The standard InChI is InChI=1S/C49H36N4S2/c1-2-3-13-34-18-12-19-40-44(34)39-30-31-43-46(55-42-21-11-10-20-41(42)54-43)45(39)53(40)38-28-26-33(27-29-38)32-22-24-37(25-23-32)49-51-47(35-14-6-4-7-15-35)50-48(52-49)36-16-8-5-9-17-36/h2-11,13-18,20,22-31,42H,1,12,19,21H2/b13-3-. The lowest BCUT2D eigenvalue weighted by Crippen LogP contribution is -2.11. The number of aromatic nitrogens is 4. The van der Waals surface area contributed by atoms with Crippen molar-refractivity contribution in [3.8, 4) is 51.0 Å². The summed E-state index contributed by atoms with van der Waals surface area (Å²) in [6, 6.07) is 42.6. The number of allylic oxidation sites excluding steroid dienone is 8. The molecule has 0 saturated carbocycles. The topological polar surface area (TPSA) is 43.6 Å². The fourth-order valence-electron chi connectivity index (χ4n) is 7.82. The van der Waals surface area contributed by atoms with Gasteiger partial charge in [-0.05, 0) is 54.2 Å². The van der Waals surface area contributed by atoms with Crippen LogP contribution in [0, 0.1) is 0 Å². The maximum absolute atomic E-state index is 4.93. The highest BCUT2D eigenvalue weighted by Gasteiger charge is 2.31. The van der Waals surface area contributed by atoms with Gasteiger partial charge in [0.15, 0.2) is 17.5 Å². The van der Waals surface area contributed by atoms with Crippen molar-refractivity contribution in [1.29, 1.82) is 0 Å². The Balaban J connectivity index is 1.03. The number of hydrogen-bond donors (Lipinski definition) is 0. The van der Waals surface area contributed by atoms with Gasteiger partial charge in [0.2, 0.25) is 0 Å². The van der Waals surface area contributed by atoms with E-state index in [1.54, 1.807) is 0 Å². The van der Waals surface area contributed by atoms with Crippen molar-refractivity contribution >= 4 is 40.0 Å². The Morgan fingerprint density at radius 1 is 0.691 bits per heavy atom. The number of fused-ring (bicyclic) bond motifs is 6. The second-order valence-electron chi connectivity index (χ2n) is 13.8. The molecule has 264 valence electrons. The largest absolute Gasteiger partial charge is 0.312 e. The Bertz CT molecular complexity index is 2660. The van der Waals surface area contributed by atoms with Gasteiger partial charge >= 0.3 is 0 Å². The van der Waals surface area contributed by atoms with Crippen molar-refractivity contribution in [3.63, 3.8) is 0 Å². The van der Waals surface area contributed by atoms with Crippen LogP contribution in [0.1, 0.15) is 24.1 Å². The normalized spacial score (nSPS) is 16.0. The molecule has 0 N–H and O–H groups in total. The van der Waals surface area contributed by atoms with Crippen LogP contribution in [0.2, 0.25) is 0 Å². The lowest BCUT2D eigenvalue weighted by molar-refractivity contribution is 0.880. The summed E-state index contributed by atoms with van der Waals surface area (Å²) in [5.74, 6) is 1.98. The van der Waals surface area contributed by atoms with Crippen LogP contribution in [0.4, 0.5) is 0 Å². The molecule has 1 aliphatic heterocycles. The molecule has 4 nitrogen and oxygen atoms in total. The molecule has 0 amide bonds. The molecular formula is C49H36N4S2. The van der Waals surface area contributed by atoms with E-state index in [2.05, 4.69) is 108 Å². The number of rotatable bonds is 7. The van der Waals surface area contributed by atoms with Gasteiger partial charge in [-0.1, -0.05) is 164 Å². The van der Waals surface area contributed by atoms with Crippen LogP contribution in [0.15, 0.2) is 185 Å². The second-order valence-corrected chi connectivity index (χ2v) is 16.2. The monoisotopic (exact) mass is 744 g/mol. The molecule has 55 heavy (non-hydrogen) atoms. The molecule has 0 radical (unpaired) electrons. The number of nitrogens with zero attached hydrogens (tertiary/aromatic N) is 4. The van der Waals surface area contributed by atoms with Crippen LogP contribution in [-0.2, 0) is 6.42 Å². The molecule has 3 heterocycles. The van der Waals surface area contributed by atoms with Crippen LogP contribution in [-0.4, -0.2) is 24.8 Å². The van der Waals surface area contributed by atoms with Gasteiger partial charge in [-0.15, -0.1) is 11.8 Å². The molecule has 0 saturated heterocycles. The molecule has 7 aromatic rings. The SMILES string of the molecule is C=C/C=C\C1=CCCc2c1c1ccc3c(c1n2-c1ccc(-c2ccc(-c4nc(-c5ccccc5)nc(-c5ccccc5)n4)cc2)cc1)SC1CC=CC=C1S3. The van der Waals surface area contributed by atoms with Gasteiger partial charge < -0.3 is 4.57 Å². The highest BCUT2D eigenvalue weighted by molar-refractivity contribution is 8.09. The highest BCUT2D eigenvalue weighted by Crippen LogP contribution is 2.54. The second kappa shape index (κ2) is 14.4. The first-order valence-electron chi connectivity index (χ1n) is 18.7. The summed E-state index contributed by atoms with van der Waals surface area (Å²) >= 11 is 3.97. The van der Waals surface area contributed by atoms with Crippen molar-refractivity contribution in [2.75, 3.05) is 0 Å². The molecule has 5 aromatic carbocycles. The minimum atomic E-state index is 0.460. The zero-order chi connectivity index (χ0) is 36.7. The van der Waals surface area contributed by atoms with Gasteiger partial charge in [0.05, 0.1) is 5.52 Å². The molecular weight excluding hydrogens is 709 g/mol. The molecule has 2 aliphatic carbocycles. The van der Waals surface area contributed by atoms with E-state index in [1.165, 1.54) is 48.1 Å². The van der Waals surface area contributed by atoms with Crippen molar-refractivity contribution in [3.05, 3.63) is 187 Å². The van der Waals surface area contributed by atoms with Gasteiger partial charge in [0.1, 0.15) is 0 Å². The zero-order valence-electron chi connectivity index (χ0n) is 30.1. The maximum Gasteiger partial charge on any atom is 0.164 e.